The highest BCUT2D eigenvalue weighted by Gasteiger charge is 2.19. The van der Waals surface area contributed by atoms with E-state index in [1.165, 1.54) is 51.7 Å². The second-order valence-corrected chi connectivity index (χ2v) is 4.67. The highest BCUT2D eigenvalue weighted by Crippen LogP contribution is 2.23. The Kier molecular flexibility index (Phi) is 5.49. The molecule has 2 nitrogen and oxygen atoms in total. The van der Waals surface area contributed by atoms with Gasteiger partial charge in [0, 0.05) is 12.6 Å². The molecule has 1 aliphatic rings. The Balaban J connectivity index is 2.21. The third kappa shape index (κ3) is 3.97. The predicted molar refractivity (Wildman–Crippen MR) is 62.3 cm³/mol. The smallest absolute Gasteiger partial charge is 0.00390 e. The first kappa shape index (κ1) is 12.0. The molecule has 14 heavy (non-hydrogen) atoms. The van der Waals surface area contributed by atoms with Crippen LogP contribution < -0.4 is 5.73 Å². The monoisotopic (exact) mass is 198 g/mol. The molecule has 84 valence electrons. The zero-order valence-electron chi connectivity index (χ0n) is 9.84. The zero-order chi connectivity index (χ0) is 10.4. The van der Waals surface area contributed by atoms with Crippen LogP contribution in [-0.4, -0.2) is 30.6 Å². The molecule has 0 atom stereocenters. The average molecular weight is 198 g/mol. The fourth-order valence-electron chi connectivity index (χ4n) is 2.43. The molecule has 0 unspecified atom stereocenters. The van der Waals surface area contributed by atoms with Gasteiger partial charge in [-0.15, -0.1) is 0 Å². The van der Waals surface area contributed by atoms with Gasteiger partial charge in [0.25, 0.3) is 0 Å². The van der Waals surface area contributed by atoms with Crippen molar-refractivity contribution in [2.24, 2.45) is 11.7 Å². The molecule has 1 saturated carbocycles. The fraction of sp³-hybridized carbons (Fsp3) is 1.00. The van der Waals surface area contributed by atoms with Crippen LogP contribution in [-0.2, 0) is 0 Å². The molecule has 0 saturated heterocycles. The lowest BCUT2D eigenvalue weighted by Crippen LogP contribution is -2.34. The van der Waals surface area contributed by atoms with E-state index in [4.69, 9.17) is 5.73 Å². The van der Waals surface area contributed by atoms with Crippen LogP contribution in [0, 0.1) is 5.92 Å². The second-order valence-electron chi connectivity index (χ2n) is 4.67. The molecule has 0 aliphatic heterocycles. The number of nitrogens with two attached hydrogens (primary N) is 1. The second kappa shape index (κ2) is 6.41. The normalized spacial score (nSPS) is 28.3. The van der Waals surface area contributed by atoms with Crippen molar-refractivity contribution in [3.63, 3.8) is 0 Å². The van der Waals surface area contributed by atoms with E-state index in [0.717, 1.165) is 5.92 Å². The van der Waals surface area contributed by atoms with Gasteiger partial charge in [-0.3, -0.25) is 0 Å². The Morgan fingerprint density at radius 3 is 2.29 bits per heavy atom. The topological polar surface area (TPSA) is 29.3 Å². The molecule has 1 aliphatic carbocycles. The number of nitrogens with zero attached hydrogens (tertiary/aromatic N) is 1. The van der Waals surface area contributed by atoms with Crippen molar-refractivity contribution >= 4 is 0 Å². The molecule has 0 heterocycles. The van der Waals surface area contributed by atoms with Crippen molar-refractivity contribution < 1.29 is 0 Å². The number of hydrogen-bond acceptors (Lipinski definition) is 2. The van der Waals surface area contributed by atoms with E-state index in [1.807, 2.05) is 0 Å². The summed E-state index contributed by atoms with van der Waals surface area (Å²) < 4.78 is 0. The van der Waals surface area contributed by atoms with E-state index in [9.17, 15) is 0 Å². The van der Waals surface area contributed by atoms with E-state index >= 15 is 0 Å². The van der Waals surface area contributed by atoms with Crippen molar-refractivity contribution in [1.29, 1.82) is 0 Å². The van der Waals surface area contributed by atoms with Crippen molar-refractivity contribution in [3.05, 3.63) is 0 Å². The highest BCUT2D eigenvalue weighted by atomic mass is 15.1. The van der Waals surface area contributed by atoms with Gasteiger partial charge in [-0.25, -0.2) is 0 Å². The summed E-state index contributed by atoms with van der Waals surface area (Å²) in [6.45, 7) is 8.30. The highest BCUT2D eigenvalue weighted by molar-refractivity contribution is 4.76. The molecule has 0 spiro atoms. The van der Waals surface area contributed by atoms with Gasteiger partial charge in [0.05, 0.1) is 0 Å². The summed E-state index contributed by atoms with van der Waals surface area (Å²) in [7, 11) is 0. The minimum Gasteiger partial charge on any atom is -0.328 e. The van der Waals surface area contributed by atoms with Crippen LogP contribution in [0.15, 0.2) is 0 Å². The van der Waals surface area contributed by atoms with Crippen molar-refractivity contribution in [3.8, 4) is 0 Å². The SMILES string of the molecule is CCCN(CC)CC1CCC(N)CC1. The first-order valence-corrected chi connectivity index (χ1v) is 6.24. The van der Waals surface area contributed by atoms with Crippen molar-refractivity contribution in [1.82, 2.24) is 4.90 Å². The Morgan fingerprint density at radius 2 is 1.79 bits per heavy atom. The van der Waals surface area contributed by atoms with Crippen molar-refractivity contribution in [2.45, 2.75) is 52.0 Å². The molecule has 1 rings (SSSR count). The average Bonchev–Trinajstić information content (AvgIpc) is 2.20. The maximum absolute atomic E-state index is 5.91. The van der Waals surface area contributed by atoms with Gasteiger partial charge in [0.1, 0.15) is 0 Å². The molecule has 0 bridgehead atoms. The van der Waals surface area contributed by atoms with Gasteiger partial charge in [-0.2, -0.15) is 0 Å². The van der Waals surface area contributed by atoms with Gasteiger partial charge >= 0.3 is 0 Å². The summed E-state index contributed by atoms with van der Waals surface area (Å²) in [6, 6.07) is 0.493. The number of rotatable bonds is 5. The first-order chi connectivity index (χ1) is 6.76. The lowest BCUT2D eigenvalue weighted by atomic mass is 9.86. The maximum Gasteiger partial charge on any atom is 0.00390 e. The molecule has 0 aromatic rings. The molecule has 2 N–H and O–H groups in total. The van der Waals surface area contributed by atoms with Crippen LogP contribution in [0.5, 0.6) is 0 Å². The van der Waals surface area contributed by atoms with E-state index in [0.29, 0.717) is 6.04 Å². The molecule has 0 aromatic heterocycles. The van der Waals surface area contributed by atoms with Crippen LogP contribution in [0.2, 0.25) is 0 Å². The Labute approximate surface area is 88.8 Å². The molecule has 0 amide bonds. The van der Waals surface area contributed by atoms with E-state index in [2.05, 4.69) is 18.7 Å². The summed E-state index contributed by atoms with van der Waals surface area (Å²) in [5.41, 5.74) is 5.91. The minimum atomic E-state index is 0.493. The third-order valence-electron chi connectivity index (χ3n) is 3.39. The van der Waals surface area contributed by atoms with Gasteiger partial charge in [-0.1, -0.05) is 13.8 Å². The third-order valence-corrected chi connectivity index (χ3v) is 3.39. The van der Waals surface area contributed by atoms with E-state index < -0.39 is 0 Å². The molecule has 2 heteroatoms. The number of hydrogen-bond donors (Lipinski definition) is 1. The van der Waals surface area contributed by atoms with Gasteiger partial charge in [0.15, 0.2) is 0 Å². The van der Waals surface area contributed by atoms with Crippen molar-refractivity contribution in [2.75, 3.05) is 19.6 Å². The van der Waals surface area contributed by atoms with E-state index in [1.54, 1.807) is 0 Å². The van der Waals surface area contributed by atoms with Crippen LogP contribution in [0.25, 0.3) is 0 Å². The van der Waals surface area contributed by atoms with Gasteiger partial charge in [0.2, 0.25) is 0 Å². The summed E-state index contributed by atoms with van der Waals surface area (Å²) in [5.74, 6) is 0.918. The quantitative estimate of drug-likeness (QED) is 0.734. The van der Waals surface area contributed by atoms with Crippen LogP contribution >= 0.6 is 0 Å². The predicted octanol–water partition coefficient (Wildman–Crippen LogP) is 2.24. The van der Waals surface area contributed by atoms with E-state index in [-0.39, 0.29) is 0 Å². The summed E-state index contributed by atoms with van der Waals surface area (Å²) in [6.07, 6.45) is 6.46. The van der Waals surface area contributed by atoms with Crippen LogP contribution in [0.4, 0.5) is 0 Å². The Bertz CT molecular complexity index is 139. The lowest BCUT2D eigenvalue weighted by Gasteiger charge is -2.30. The Morgan fingerprint density at radius 1 is 1.14 bits per heavy atom. The largest absolute Gasteiger partial charge is 0.328 e. The Hall–Kier alpha value is -0.0800. The molecule has 0 aromatic carbocycles. The lowest BCUT2D eigenvalue weighted by molar-refractivity contribution is 0.201. The summed E-state index contributed by atoms with van der Waals surface area (Å²) >= 11 is 0. The molecular formula is C12H26N2. The maximum atomic E-state index is 5.91. The van der Waals surface area contributed by atoms with Gasteiger partial charge in [-0.05, 0) is 51.1 Å². The van der Waals surface area contributed by atoms with Crippen LogP contribution in [0.3, 0.4) is 0 Å². The standard InChI is InChI=1S/C12H26N2/c1-3-9-14(4-2)10-11-5-7-12(13)8-6-11/h11-12H,3-10,13H2,1-2H3. The molecular weight excluding hydrogens is 172 g/mol. The summed E-state index contributed by atoms with van der Waals surface area (Å²) in [5, 5.41) is 0. The zero-order valence-corrected chi connectivity index (χ0v) is 9.84. The van der Waals surface area contributed by atoms with Gasteiger partial charge < -0.3 is 10.6 Å². The fourth-order valence-corrected chi connectivity index (χ4v) is 2.43. The molecule has 1 fully saturated rings. The molecule has 0 radical (unpaired) electrons. The van der Waals surface area contributed by atoms with Crippen LogP contribution in [0.1, 0.15) is 46.0 Å². The first-order valence-electron chi connectivity index (χ1n) is 6.24. The summed E-state index contributed by atoms with van der Waals surface area (Å²) in [4.78, 5) is 2.58. The minimum absolute atomic E-state index is 0.493.